The van der Waals surface area contributed by atoms with E-state index in [9.17, 15) is 13.2 Å². The molecule has 0 amide bonds. The Morgan fingerprint density at radius 1 is 0.739 bits per heavy atom. The van der Waals surface area contributed by atoms with Crippen LogP contribution in [0.2, 0.25) is 0 Å². The van der Waals surface area contributed by atoms with Crippen LogP contribution in [0.15, 0.2) is 121 Å². The first-order valence-electron chi connectivity index (χ1n) is 16.5. The summed E-state index contributed by atoms with van der Waals surface area (Å²) in [6, 6.07) is 42.4. The van der Waals surface area contributed by atoms with Crippen molar-refractivity contribution in [1.29, 1.82) is 0 Å². The number of fused-ring (bicyclic) bond motifs is 2. The minimum absolute atomic E-state index is 0.0608. The smallest absolute Gasteiger partial charge is 0.215 e. The zero-order chi connectivity index (χ0) is 31.9. The first kappa shape index (κ1) is 31.9. The first-order valence-corrected chi connectivity index (χ1v) is 21.0. The molecule has 4 nitrogen and oxygen atoms in total. The molecule has 0 radical (unpaired) electrons. The van der Waals surface area contributed by atoms with E-state index in [4.69, 9.17) is 0 Å². The Morgan fingerprint density at radius 3 is 1.65 bits per heavy atom. The van der Waals surface area contributed by atoms with Crippen LogP contribution >= 0.6 is 15.8 Å². The van der Waals surface area contributed by atoms with Gasteiger partial charge in [0.1, 0.15) is 5.78 Å². The van der Waals surface area contributed by atoms with Gasteiger partial charge in [0.05, 0.1) is 5.75 Å². The molecule has 1 heterocycles. The highest BCUT2D eigenvalue weighted by molar-refractivity contribution is 7.89. The van der Waals surface area contributed by atoms with Crippen LogP contribution in [0.25, 0.3) is 0 Å². The Hall–Kier alpha value is -2.68. The Kier molecular flexibility index (Phi) is 8.83. The lowest BCUT2D eigenvalue weighted by atomic mass is 9.70. The van der Waals surface area contributed by atoms with E-state index in [0.717, 1.165) is 19.0 Å². The Bertz CT molecular complexity index is 1690. The third-order valence-corrected chi connectivity index (χ3v) is 18.7. The summed E-state index contributed by atoms with van der Waals surface area (Å²) in [5, 5.41) is 5.10. The molecule has 0 aromatic heterocycles. The Morgan fingerprint density at radius 2 is 1.22 bits per heavy atom. The summed E-state index contributed by atoms with van der Waals surface area (Å²) in [6.07, 6.45) is 3.72. The molecule has 2 saturated carbocycles. The second-order valence-corrected chi connectivity index (χ2v) is 20.5. The van der Waals surface area contributed by atoms with Crippen molar-refractivity contribution >= 4 is 52.9 Å². The fraction of sp³-hybridized carbons (Fsp3) is 0.359. The predicted octanol–water partition coefficient (Wildman–Crippen LogP) is 6.42. The summed E-state index contributed by atoms with van der Waals surface area (Å²) in [7, 11) is -5.35. The average molecular weight is 668 g/mol. The molecule has 1 aliphatic heterocycles. The summed E-state index contributed by atoms with van der Waals surface area (Å²) in [5.41, 5.74) is -0.913. The van der Waals surface area contributed by atoms with Gasteiger partial charge >= 0.3 is 0 Å². The second-order valence-electron chi connectivity index (χ2n) is 13.9. The lowest BCUT2D eigenvalue weighted by molar-refractivity contribution is -0.128. The molecule has 0 unspecified atom stereocenters. The largest absolute Gasteiger partial charge is 0.299 e. The number of rotatable bonds is 10. The minimum Gasteiger partial charge on any atom is -0.299 e. The molecule has 0 N–H and O–H groups in total. The van der Waals surface area contributed by atoms with Crippen molar-refractivity contribution < 1.29 is 13.2 Å². The van der Waals surface area contributed by atoms with Gasteiger partial charge in [-0.3, -0.25) is 4.79 Å². The van der Waals surface area contributed by atoms with Gasteiger partial charge in [-0.15, -0.1) is 0 Å². The number of carbonyl (C=O) groups excluding carboxylic acids is 1. The molecule has 0 spiro atoms. The third-order valence-electron chi connectivity index (χ3n) is 11.2. The molecule has 4 aromatic carbocycles. The molecule has 238 valence electrons. The van der Waals surface area contributed by atoms with Crippen molar-refractivity contribution in [2.75, 3.05) is 18.5 Å². The zero-order valence-electron chi connectivity index (χ0n) is 26.7. The minimum atomic E-state index is -3.75. The molecule has 4 aromatic rings. The highest BCUT2D eigenvalue weighted by atomic mass is 32.2. The number of Topliss-reactive ketones (excluding diaryl/α,β-unsaturated/α-hetero) is 1. The van der Waals surface area contributed by atoms with E-state index >= 15 is 0 Å². The van der Waals surface area contributed by atoms with Crippen molar-refractivity contribution in [3.05, 3.63) is 121 Å². The Labute approximate surface area is 277 Å². The van der Waals surface area contributed by atoms with Crippen LogP contribution in [-0.4, -0.2) is 48.7 Å². The van der Waals surface area contributed by atoms with Crippen LogP contribution < -0.4 is 21.2 Å². The second kappa shape index (κ2) is 12.7. The molecule has 1 saturated heterocycles. The van der Waals surface area contributed by atoms with Crippen molar-refractivity contribution in [2.45, 2.75) is 51.2 Å². The number of hydrogen-bond donors (Lipinski definition) is 0. The van der Waals surface area contributed by atoms with Crippen molar-refractivity contribution in [1.82, 2.24) is 4.31 Å². The molecule has 7 rings (SSSR count). The van der Waals surface area contributed by atoms with Gasteiger partial charge < -0.3 is 0 Å². The van der Waals surface area contributed by atoms with Crippen LogP contribution in [0.5, 0.6) is 0 Å². The van der Waals surface area contributed by atoms with E-state index < -0.39 is 31.3 Å². The maximum atomic E-state index is 14.9. The normalized spacial score (nSPS) is 25.9. The van der Waals surface area contributed by atoms with Gasteiger partial charge in [0.25, 0.3) is 0 Å². The van der Waals surface area contributed by atoms with Crippen LogP contribution in [0.1, 0.15) is 39.5 Å². The first-order chi connectivity index (χ1) is 22.2. The summed E-state index contributed by atoms with van der Waals surface area (Å²) in [5.74, 6) is 0.385. The number of hydrogen-bond acceptors (Lipinski definition) is 3. The van der Waals surface area contributed by atoms with Crippen LogP contribution in [0.4, 0.5) is 0 Å². The van der Waals surface area contributed by atoms with Gasteiger partial charge in [-0.2, -0.15) is 4.31 Å². The molecule has 46 heavy (non-hydrogen) atoms. The van der Waals surface area contributed by atoms with Crippen molar-refractivity contribution in [3.8, 4) is 0 Å². The number of nitrogens with zero attached hydrogens (tertiary/aromatic N) is 1. The molecule has 2 aliphatic carbocycles. The van der Waals surface area contributed by atoms with Crippen LogP contribution in [-0.2, 0) is 14.8 Å². The van der Waals surface area contributed by atoms with Crippen LogP contribution in [0.3, 0.4) is 0 Å². The quantitative estimate of drug-likeness (QED) is 0.184. The summed E-state index contributed by atoms with van der Waals surface area (Å²) < 4.78 is 31.7. The van der Waals surface area contributed by atoms with Crippen molar-refractivity contribution in [3.63, 3.8) is 0 Å². The van der Waals surface area contributed by atoms with E-state index in [1.807, 2.05) is 16.4 Å². The van der Waals surface area contributed by atoms with E-state index in [1.165, 1.54) is 21.2 Å². The SMILES string of the molecule is CC1(C)[C@@H]2CC[C@]1(CS(=O)(=O)N1C[C@@H](P(c3ccccc3)c3ccccc3)C[C@H]1CP(c1ccccc1)c1ccccc1)C(=O)C2. The number of sulfonamides is 1. The van der Waals surface area contributed by atoms with E-state index in [2.05, 4.69) is 123 Å². The Balaban J connectivity index is 1.29. The monoisotopic (exact) mass is 667 g/mol. The van der Waals surface area contributed by atoms with E-state index in [-0.39, 0.29) is 34.6 Å². The lowest BCUT2D eigenvalue weighted by Gasteiger charge is -2.38. The molecule has 2 bridgehead atoms. The van der Waals surface area contributed by atoms with Gasteiger partial charge in [-0.1, -0.05) is 135 Å². The molecule has 3 aliphatic rings. The number of ketones is 1. The summed E-state index contributed by atoms with van der Waals surface area (Å²) in [6.45, 7) is 4.77. The molecular weight excluding hydrogens is 624 g/mol. The molecule has 3 fully saturated rings. The average Bonchev–Trinajstić information content (AvgIpc) is 3.66. The number of carbonyl (C=O) groups is 1. The lowest BCUT2D eigenvalue weighted by Crippen LogP contribution is -2.48. The van der Waals surface area contributed by atoms with Crippen molar-refractivity contribution in [2.24, 2.45) is 16.7 Å². The van der Waals surface area contributed by atoms with Gasteiger partial charge in [0.2, 0.25) is 10.0 Å². The highest BCUT2D eigenvalue weighted by Crippen LogP contribution is 2.64. The number of benzene rings is 4. The van der Waals surface area contributed by atoms with Gasteiger partial charge in [0, 0.05) is 30.1 Å². The standard InChI is InChI=1S/C39H43NO3P2S/c1-38(2)30-23-24-39(38,37(41)25-30)29-46(42,43)40-27-36(45(34-19-11-5-12-20-34)35-21-13-6-14-22-35)26-31(40)28-44(32-15-7-3-8-16-32)33-17-9-4-10-18-33/h3-22,30-31,36H,23-29H2,1-2H3/t30-,31+,36+,39+/m1/s1. The molecule has 4 atom stereocenters. The topological polar surface area (TPSA) is 54.5 Å². The summed E-state index contributed by atoms with van der Waals surface area (Å²) >= 11 is 0. The van der Waals surface area contributed by atoms with Gasteiger partial charge in [-0.25, -0.2) is 8.42 Å². The fourth-order valence-corrected chi connectivity index (χ4v) is 16.8. The van der Waals surface area contributed by atoms with Gasteiger partial charge in [-0.05, 0) is 73.8 Å². The van der Waals surface area contributed by atoms with E-state index in [0.29, 0.717) is 19.4 Å². The molecule has 7 heteroatoms. The maximum Gasteiger partial charge on any atom is 0.215 e. The fourth-order valence-electron chi connectivity index (χ4n) is 8.59. The van der Waals surface area contributed by atoms with Gasteiger partial charge in [0.15, 0.2) is 0 Å². The van der Waals surface area contributed by atoms with E-state index in [1.54, 1.807) is 0 Å². The van der Waals surface area contributed by atoms with Crippen LogP contribution in [0, 0.1) is 16.7 Å². The third kappa shape index (κ3) is 5.73. The maximum absolute atomic E-state index is 14.9. The zero-order valence-corrected chi connectivity index (χ0v) is 29.3. The summed E-state index contributed by atoms with van der Waals surface area (Å²) in [4.78, 5) is 13.6. The highest BCUT2D eigenvalue weighted by Gasteiger charge is 2.66. The predicted molar refractivity (Wildman–Crippen MR) is 194 cm³/mol. The molecular formula is C39H43NO3P2S.